The fourth-order valence-electron chi connectivity index (χ4n) is 3.94. The van der Waals surface area contributed by atoms with E-state index < -0.39 is 42.4 Å². The maximum Gasteiger partial charge on any atom is 0.303 e. The number of ether oxygens (including phenoxy) is 4. The van der Waals surface area contributed by atoms with Crippen molar-refractivity contribution in [3.8, 4) is 0 Å². The molecule has 0 bridgehead atoms. The van der Waals surface area contributed by atoms with Gasteiger partial charge in [0.25, 0.3) is 0 Å². The molecule has 3 aromatic rings. The van der Waals surface area contributed by atoms with Crippen molar-refractivity contribution in [2.45, 2.75) is 51.9 Å². The Morgan fingerprint density at radius 2 is 1.78 bits per heavy atom. The van der Waals surface area contributed by atoms with Crippen molar-refractivity contribution in [1.29, 1.82) is 0 Å². The molecule has 12 nitrogen and oxygen atoms in total. The van der Waals surface area contributed by atoms with Crippen LogP contribution in [-0.4, -0.2) is 62.3 Å². The maximum atomic E-state index is 14.1. The van der Waals surface area contributed by atoms with E-state index in [2.05, 4.69) is 20.3 Å². The second-order valence-electron chi connectivity index (χ2n) is 8.13. The highest BCUT2D eigenvalue weighted by Gasteiger charge is 2.51. The summed E-state index contributed by atoms with van der Waals surface area (Å²) in [5, 5.41) is 3.08. The highest BCUT2D eigenvalue weighted by molar-refractivity contribution is 14.1. The predicted molar refractivity (Wildman–Crippen MR) is 133 cm³/mol. The second kappa shape index (κ2) is 11.3. The van der Waals surface area contributed by atoms with Gasteiger partial charge in [0.1, 0.15) is 18.5 Å². The van der Waals surface area contributed by atoms with Crippen LogP contribution in [0.15, 0.2) is 30.6 Å². The summed E-state index contributed by atoms with van der Waals surface area (Å²) >= 11 is 1.93. The van der Waals surface area contributed by atoms with Crippen LogP contribution in [0.3, 0.4) is 0 Å². The smallest absolute Gasteiger partial charge is 0.303 e. The largest absolute Gasteiger partial charge is 0.463 e. The number of aromatic nitrogens is 4. The number of anilines is 1. The van der Waals surface area contributed by atoms with Gasteiger partial charge in [0, 0.05) is 55.5 Å². The highest BCUT2D eigenvalue weighted by atomic mass is 127. The normalized spacial score (nSPS) is 21.0. The lowest BCUT2D eigenvalue weighted by Crippen LogP contribution is -2.40. The molecular formula is C23H23FIN5O7. The molecule has 37 heavy (non-hydrogen) atoms. The van der Waals surface area contributed by atoms with Crippen molar-refractivity contribution >= 4 is 57.5 Å². The third kappa shape index (κ3) is 6.12. The van der Waals surface area contributed by atoms with Gasteiger partial charge in [0.2, 0.25) is 0 Å². The first-order chi connectivity index (χ1) is 17.6. The Hall–Kier alpha value is -3.40. The van der Waals surface area contributed by atoms with Gasteiger partial charge in [-0.25, -0.2) is 19.3 Å². The molecule has 0 unspecified atom stereocenters. The molecule has 14 heteroatoms. The van der Waals surface area contributed by atoms with Crippen LogP contribution >= 0.6 is 22.6 Å². The molecule has 1 saturated heterocycles. The minimum Gasteiger partial charge on any atom is -0.463 e. The maximum absolute atomic E-state index is 14.1. The van der Waals surface area contributed by atoms with Gasteiger partial charge in [0.05, 0.1) is 6.33 Å². The fourth-order valence-corrected chi connectivity index (χ4v) is 4.41. The molecule has 0 spiro atoms. The van der Waals surface area contributed by atoms with E-state index in [1.165, 1.54) is 37.7 Å². The van der Waals surface area contributed by atoms with Gasteiger partial charge < -0.3 is 24.3 Å². The predicted octanol–water partition coefficient (Wildman–Crippen LogP) is 2.51. The number of hydrogen-bond donors (Lipinski definition) is 1. The third-order valence-corrected chi connectivity index (χ3v) is 5.90. The van der Waals surface area contributed by atoms with Gasteiger partial charge in [0.15, 0.2) is 39.2 Å². The van der Waals surface area contributed by atoms with E-state index in [0.29, 0.717) is 26.4 Å². The summed E-state index contributed by atoms with van der Waals surface area (Å²) < 4.78 is 38.0. The van der Waals surface area contributed by atoms with Crippen LogP contribution in [0.5, 0.6) is 0 Å². The zero-order valence-corrected chi connectivity index (χ0v) is 22.2. The van der Waals surface area contributed by atoms with Crippen molar-refractivity contribution in [3.05, 3.63) is 45.8 Å². The number of carbonyl (C=O) groups is 3. The van der Waals surface area contributed by atoms with Crippen LogP contribution in [0, 0.1) is 9.65 Å². The second-order valence-corrected chi connectivity index (χ2v) is 9.09. The number of hydrogen-bond acceptors (Lipinski definition) is 11. The Morgan fingerprint density at radius 1 is 1.08 bits per heavy atom. The topological polar surface area (TPSA) is 144 Å². The quantitative estimate of drug-likeness (QED) is 0.170. The molecule has 1 N–H and O–H groups in total. The first-order valence-corrected chi connectivity index (χ1v) is 12.2. The number of rotatable bonds is 8. The molecule has 0 aliphatic carbocycles. The molecule has 0 saturated carbocycles. The first kappa shape index (κ1) is 26.7. The van der Waals surface area contributed by atoms with Crippen LogP contribution < -0.4 is 5.32 Å². The zero-order chi connectivity index (χ0) is 26.7. The molecule has 4 atom stereocenters. The van der Waals surface area contributed by atoms with Crippen LogP contribution in [0.4, 0.5) is 10.2 Å². The Bertz CT molecular complexity index is 1340. The van der Waals surface area contributed by atoms with E-state index in [1.54, 1.807) is 18.2 Å². The molecule has 2 aromatic heterocycles. The van der Waals surface area contributed by atoms with Gasteiger partial charge in [-0.3, -0.25) is 19.0 Å². The lowest BCUT2D eigenvalue weighted by atomic mass is 10.1. The van der Waals surface area contributed by atoms with Crippen molar-refractivity contribution in [2.24, 2.45) is 0 Å². The molecule has 196 valence electrons. The summed E-state index contributed by atoms with van der Waals surface area (Å²) in [6.45, 7) is 3.56. The van der Waals surface area contributed by atoms with Crippen LogP contribution in [0.25, 0.3) is 11.2 Å². The summed E-state index contributed by atoms with van der Waals surface area (Å²) in [4.78, 5) is 48.4. The summed E-state index contributed by atoms with van der Waals surface area (Å²) in [6, 6.07) is 6.35. The SMILES string of the molecule is CC(=O)OC[C@H]1O[C@@H](n2cnc3c(NCc4ccccc4F)nc(I)nc32)[C@H](OC(C)=O)[C@@H]1OC(C)=O. The lowest BCUT2D eigenvalue weighted by Gasteiger charge is -2.23. The summed E-state index contributed by atoms with van der Waals surface area (Å²) in [5.74, 6) is -1.83. The number of halogens is 2. The van der Waals surface area contributed by atoms with Crippen molar-refractivity contribution in [3.63, 3.8) is 0 Å². The summed E-state index contributed by atoms with van der Waals surface area (Å²) in [7, 11) is 0. The van der Waals surface area contributed by atoms with E-state index in [-0.39, 0.29) is 19.0 Å². The minimum atomic E-state index is -1.10. The highest BCUT2D eigenvalue weighted by Crippen LogP contribution is 2.36. The number of imidazole rings is 1. The molecule has 0 radical (unpaired) electrons. The van der Waals surface area contributed by atoms with Crippen molar-refractivity contribution in [2.75, 3.05) is 11.9 Å². The van der Waals surface area contributed by atoms with Crippen LogP contribution in [-0.2, 0) is 39.9 Å². The van der Waals surface area contributed by atoms with E-state index in [9.17, 15) is 18.8 Å². The number of fused-ring (bicyclic) bond motifs is 1. The van der Waals surface area contributed by atoms with E-state index >= 15 is 0 Å². The van der Waals surface area contributed by atoms with Crippen molar-refractivity contribution in [1.82, 2.24) is 19.5 Å². The number of carbonyl (C=O) groups excluding carboxylic acids is 3. The number of benzene rings is 1. The molecular weight excluding hydrogens is 604 g/mol. The Morgan fingerprint density at radius 3 is 2.46 bits per heavy atom. The average molecular weight is 627 g/mol. The lowest BCUT2D eigenvalue weighted by molar-refractivity contribution is -0.166. The van der Waals surface area contributed by atoms with E-state index in [1.807, 2.05) is 22.6 Å². The summed E-state index contributed by atoms with van der Waals surface area (Å²) in [5.41, 5.74) is 1.12. The van der Waals surface area contributed by atoms with Crippen molar-refractivity contribution < 1.29 is 37.7 Å². The van der Waals surface area contributed by atoms with Gasteiger partial charge in [-0.15, -0.1) is 0 Å². The van der Waals surface area contributed by atoms with E-state index in [0.717, 1.165) is 0 Å². The molecule has 0 amide bonds. The van der Waals surface area contributed by atoms with Gasteiger partial charge >= 0.3 is 17.9 Å². The van der Waals surface area contributed by atoms with Crippen LogP contribution in [0.1, 0.15) is 32.6 Å². The van der Waals surface area contributed by atoms with Crippen LogP contribution in [0.2, 0.25) is 0 Å². The Labute approximate surface area is 224 Å². The summed E-state index contributed by atoms with van der Waals surface area (Å²) in [6.07, 6.45) is -2.70. The van der Waals surface area contributed by atoms with E-state index in [4.69, 9.17) is 18.9 Å². The van der Waals surface area contributed by atoms with Gasteiger partial charge in [-0.05, 0) is 6.07 Å². The molecule has 3 heterocycles. The molecule has 4 rings (SSSR count). The van der Waals surface area contributed by atoms with Gasteiger partial charge in [-0.1, -0.05) is 18.2 Å². The Balaban J connectivity index is 1.70. The molecule has 1 aliphatic heterocycles. The average Bonchev–Trinajstić information content (AvgIpc) is 3.37. The molecule has 1 aromatic carbocycles. The first-order valence-electron chi connectivity index (χ1n) is 11.1. The number of nitrogens with zero attached hydrogens (tertiary/aromatic N) is 4. The fraction of sp³-hybridized carbons (Fsp3) is 0.391. The Kier molecular flexibility index (Phi) is 8.16. The monoisotopic (exact) mass is 627 g/mol. The third-order valence-electron chi connectivity index (χ3n) is 5.41. The number of nitrogens with one attached hydrogen (secondary N) is 1. The zero-order valence-electron chi connectivity index (χ0n) is 20.0. The minimum absolute atomic E-state index is 0.150. The molecule has 1 fully saturated rings. The molecule has 1 aliphatic rings. The number of esters is 3. The standard InChI is InChI=1S/C23H23FIN5O7/c1-11(31)34-9-16-18(35-12(2)32)19(36-13(3)33)22(37-16)30-10-27-17-20(28-23(25)29-21(17)30)26-8-14-6-4-5-7-15(14)24/h4-7,10,16,18-19,22H,8-9H2,1-3H3,(H,26,28,29)/t16-,18-,19-,22-/m1/s1. The van der Waals surface area contributed by atoms with Gasteiger partial charge in [-0.2, -0.15) is 0 Å².